The number of hydrogen-bond donors (Lipinski definition) is 2. The molecule has 2 N–H and O–H groups in total. The van der Waals surface area contributed by atoms with E-state index >= 15 is 0 Å². The van der Waals surface area contributed by atoms with E-state index in [9.17, 15) is 4.79 Å². The first-order valence-electron chi connectivity index (χ1n) is 3.21. The van der Waals surface area contributed by atoms with Gasteiger partial charge in [0.15, 0.2) is 0 Å². The monoisotopic (exact) mass is 128 g/mol. The minimum absolute atomic E-state index is 0.0417. The third-order valence-corrected chi connectivity index (χ3v) is 1.64. The zero-order valence-corrected chi connectivity index (χ0v) is 5.77. The van der Waals surface area contributed by atoms with Gasteiger partial charge in [-0.1, -0.05) is 0 Å². The second-order valence-electron chi connectivity index (χ2n) is 2.49. The van der Waals surface area contributed by atoms with Gasteiger partial charge in [-0.2, -0.15) is 0 Å². The van der Waals surface area contributed by atoms with E-state index in [0.717, 1.165) is 6.42 Å². The number of amides is 1. The molecule has 1 saturated heterocycles. The van der Waals surface area contributed by atoms with E-state index in [1.807, 2.05) is 14.0 Å². The Morgan fingerprint density at radius 1 is 1.78 bits per heavy atom. The van der Waals surface area contributed by atoms with Gasteiger partial charge in [0.1, 0.15) is 0 Å². The zero-order valence-electron chi connectivity index (χ0n) is 5.77. The molecule has 0 aromatic carbocycles. The Bertz CT molecular complexity index is 124. The topological polar surface area (TPSA) is 41.1 Å². The molecule has 0 bridgehead atoms. The molecule has 9 heavy (non-hydrogen) atoms. The van der Waals surface area contributed by atoms with Gasteiger partial charge in [0.25, 0.3) is 0 Å². The van der Waals surface area contributed by atoms with Gasteiger partial charge in [-0.05, 0) is 20.4 Å². The Morgan fingerprint density at radius 3 is 2.67 bits per heavy atom. The summed E-state index contributed by atoms with van der Waals surface area (Å²) in [6, 6.07) is 0.384. The fourth-order valence-electron chi connectivity index (χ4n) is 1.11. The molecule has 1 aliphatic heterocycles. The van der Waals surface area contributed by atoms with Crippen LogP contribution in [0.25, 0.3) is 0 Å². The number of carbonyl (C=O) groups is 1. The summed E-state index contributed by atoms with van der Waals surface area (Å²) >= 11 is 0. The molecule has 1 amide bonds. The maximum atomic E-state index is 10.8. The Hall–Kier alpha value is -0.570. The summed E-state index contributed by atoms with van der Waals surface area (Å²) in [7, 11) is 1.81. The van der Waals surface area contributed by atoms with Crippen LogP contribution in [0.5, 0.6) is 0 Å². The third kappa shape index (κ3) is 1.21. The standard InChI is InChI=1S/C6H12N2O/c1-4-3-5(7-2)6(9)8-4/h4-5,7H,3H2,1-2H3,(H,8,9)/t4-,5+/m0/s1. The first-order valence-corrected chi connectivity index (χ1v) is 3.21. The first-order chi connectivity index (χ1) is 4.24. The maximum absolute atomic E-state index is 10.8. The van der Waals surface area contributed by atoms with Gasteiger partial charge in [0.05, 0.1) is 6.04 Å². The molecule has 0 aromatic heterocycles. The van der Waals surface area contributed by atoms with Gasteiger partial charge < -0.3 is 10.6 Å². The summed E-state index contributed by atoms with van der Waals surface area (Å²) < 4.78 is 0. The molecular formula is C6H12N2O. The first kappa shape index (κ1) is 6.55. The molecule has 2 atom stereocenters. The normalized spacial score (nSPS) is 34.7. The lowest BCUT2D eigenvalue weighted by Crippen LogP contribution is -2.33. The summed E-state index contributed by atoms with van der Waals surface area (Å²) in [6.45, 7) is 2.01. The summed E-state index contributed by atoms with van der Waals surface area (Å²) in [5.41, 5.74) is 0. The van der Waals surface area contributed by atoms with E-state index in [-0.39, 0.29) is 11.9 Å². The fraction of sp³-hybridized carbons (Fsp3) is 0.833. The molecule has 1 heterocycles. The lowest BCUT2D eigenvalue weighted by Gasteiger charge is -2.01. The van der Waals surface area contributed by atoms with Gasteiger partial charge in [-0.15, -0.1) is 0 Å². The smallest absolute Gasteiger partial charge is 0.237 e. The van der Waals surface area contributed by atoms with E-state index in [1.54, 1.807) is 0 Å². The molecular weight excluding hydrogens is 116 g/mol. The molecule has 1 fully saturated rings. The van der Waals surface area contributed by atoms with E-state index in [4.69, 9.17) is 0 Å². The molecule has 1 rings (SSSR count). The molecule has 3 heteroatoms. The van der Waals surface area contributed by atoms with Gasteiger partial charge in [-0.25, -0.2) is 0 Å². The van der Waals surface area contributed by atoms with Crippen molar-refractivity contribution in [2.45, 2.75) is 25.4 Å². The lowest BCUT2D eigenvalue weighted by atomic mass is 10.2. The zero-order chi connectivity index (χ0) is 6.85. The van der Waals surface area contributed by atoms with Crippen LogP contribution in [0.3, 0.4) is 0 Å². The van der Waals surface area contributed by atoms with Crippen molar-refractivity contribution in [1.29, 1.82) is 0 Å². The van der Waals surface area contributed by atoms with E-state index in [2.05, 4.69) is 10.6 Å². The molecule has 0 radical (unpaired) electrons. The second kappa shape index (κ2) is 2.35. The van der Waals surface area contributed by atoms with Crippen LogP contribution in [-0.2, 0) is 4.79 Å². The van der Waals surface area contributed by atoms with Gasteiger partial charge >= 0.3 is 0 Å². The minimum atomic E-state index is 0.0417. The summed E-state index contributed by atoms with van der Waals surface area (Å²) in [5, 5.41) is 5.75. The van der Waals surface area contributed by atoms with Crippen LogP contribution in [0.15, 0.2) is 0 Å². The lowest BCUT2D eigenvalue weighted by molar-refractivity contribution is -0.120. The molecule has 0 saturated carbocycles. The molecule has 1 aliphatic rings. The van der Waals surface area contributed by atoms with Crippen LogP contribution in [0.2, 0.25) is 0 Å². The summed E-state index contributed by atoms with van der Waals surface area (Å²) in [6.07, 6.45) is 0.912. The highest BCUT2D eigenvalue weighted by Gasteiger charge is 2.26. The minimum Gasteiger partial charge on any atom is -0.352 e. The van der Waals surface area contributed by atoms with E-state index in [0.29, 0.717) is 6.04 Å². The number of likely N-dealkylation sites (N-methyl/N-ethyl adjacent to an activating group) is 1. The van der Waals surface area contributed by atoms with Crippen molar-refractivity contribution in [3.05, 3.63) is 0 Å². The van der Waals surface area contributed by atoms with Crippen molar-refractivity contribution < 1.29 is 4.79 Å². The fourth-order valence-corrected chi connectivity index (χ4v) is 1.11. The molecule has 3 nitrogen and oxygen atoms in total. The van der Waals surface area contributed by atoms with E-state index in [1.165, 1.54) is 0 Å². The van der Waals surface area contributed by atoms with Gasteiger partial charge in [0.2, 0.25) is 5.91 Å². The SMILES string of the molecule is CN[C@@H]1C[C@H](C)NC1=O. The van der Waals surface area contributed by atoms with Crippen LogP contribution in [-0.4, -0.2) is 25.0 Å². The quantitative estimate of drug-likeness (QED) is 0.499. The van der Waals surface area contributed by atoms with E-state index < -0.39 is 0 Å². The molecule has 0 unspecified atom stereocenters. The van der Waals surface area contributed by atoms with Crippen LogP contribution in [0, 0.1) is 0 Å². The molecule has 52 valence electrons. The predicted molar refractivity (Wildman–Crippen MR) is 35.1 cm³/mol. The van der Waals surface area contributed by atoms with Crippen molar-refractivity contribution in [2.75, 3.05) is 7.05 Å². The Labute approximate surface area is 54.8 Å². The Morgan fingerprint density at radius 2 is 2.44 bits per heavy atom. The highest BCUT2D eigenvalue weighted by atomic mass is 16.2. The number of rotatable bonds is 1. The van der Waals surface area contributed by atoms with Crippen LogP contribution in [0.4, 0.5) is 0 Å². The number of hydrogen-bond acceptors (Lipinski definition) is 2. The molecule has 0 aromatic rings. The largest absolute Gasteiger partial charge is 0.352 e. The Kier molecular flexibility index (Phi) is 1.71. The Balaban J connectivity index is 2.48. The number of nitrogens with one attached hydrogen (secondary N) is 2. The highest BCUT2D eigenvalue weighted by Crippen LogP contribution is 2.05. The second-order valence-corrected chi connectivity index (χ2v) is 2.49. The van der Waals surface area contributed by atoms with Crippen molar-refractivity contribution in [3.8, 4) is 0 Å². The van der Waals surface area contributed by atoms with Crippen molar-refractivity contribution >= 4 is 5.91 Å². The van der Waals surface area contributed by atoms with Crippen molar-refractivity contribution in [1.82, 2.24) is 10.6 Å². The van der Waals surface area contributed by atoms with Crippen LogP contribution < -0.4 is 10.6 Å². The summed E-state index contributed by atoms with van der Waals surface area (Å²) in [5.74, 6) is 0.130. The van der Waals surface area contributed by atoms with Crippen molar-refractivity contribution in [2.24, 2.45) is 0 Å². The van der Waals surface area contributed by atoms with Crippen LogP contribution in [0.1, 0.15) is 13.3 Å². The average Bonchev–Trinajstić information content (AvgIpc) is 2.10. The van der Waals surface area contributed by atoms with Crippen LogP contribution >= 0.6 is 0 Å². The highest BCUT2D eigenvalue weighted by molar-refractivity contribution is 5.84. The number of carbonyl (C=O) groups excluding carboxylic acids is 1. The predicted octanol–water partition coefficient (Wildman–Crippen LogP) is -0.517. The maximum Gasteiger partial charge on any atom is 0.237 e. The third-order valence-electron chi connectivity index (χ3n) is 1.64. The molecule has 0 spiro atoms. The van der Waals surface area contributed by atoms with Gasteiger partial charge in [0, 0.05) is 6.04 Å². The molecule has 0 aliphatic carbocycles. The summed E-state index contributed by atoms with van der Waals surface area (Å²) in [4.78, 5) is 10.8. The average molecular weight is 128 g/mol. The van der Waals surface area contributed by atoms with Gasteiger partial charge in [-0.3, -0.25) is 4.79 Å². The van der Waals surface area contributed by atoms with Crippen molar-refractivity contribution in [3.63, 3.8) is 0 Å².